The summed E-state index contributed by atoms with van der Waals surface area (Å²) in [7, 11) is 0. The van der Waals surface area contributed by atoms with E-state index in [1.165, 1.54) is 5.56 Å². The second-order valence-corrected chi connectivity index (χ2v) is 5.82. The number of aromatic nitrogens is 2. The summed E-state index contributed by atoms with van der Waals surface area (Å²) in [5.41, 5.74) is 3.61. The Labute approximate surface area is 121 Å². The summed E-state index contributed by atoms with van der Waals surface area (Å²) in [6.07, 6.45) is 0. The van der Waals surface area contributed by atoms with Gasteiger partial charge in [-0.15, -0.1) is 11.8 Å². The van der Waals surface area contributed by atoms with Crippen molar-refractivity contribution in [3.05, 3.63) is 64.9 Å². The molecule has 2 N–H and O–H groups in total. The van der Waals surface area contributed by atoms with Crippen molar-refractivity contribution in [2.24, 2.45) is 0 Å². The van der Waals surface area contributed by atoms with Gasteiger partial charge in [0.05, 0.1) is 5.75 Å². The van der Waals surface area contributed by atoms with E-state index in [0.29, 0.717) is 0 Å². The minimum absolute atomic E-state index is 0.790. The average molecular weight is 290 g/mol. The van der Waals surface area contributed by atoms with Crippen LogP contribution < -0.4 is 4.98 Å². The molecule has 4 heteroatoms. The SMILES string of the molecule is Clc1ccc(CSCc2[nH]c3ccccc3[nH+]2)cc1. The molecule has 0 unspecified atom stereocenters. The molecule has 0 aliphatic rings. The van der Waals surface area contributed by atoms with Crippen LogP contribution in [0.1, 0.15) is 11.4 Å². The maximum atomic E-state index is 5.87. The van der Waals surface area contributed by atoms with Gasteiger partial charge in [0.1, 0.15) is 0 Å². The summed E-state index contributed by atoms with van der Waals surface area (Å²) in [4.78, 5) is 6.79. The second-order valence-electron chi connectivity index (χ2n) is 4.39. The van der Waals surface area contributed by atoms with Crippen LogP contribution in [0.15, 0.2) is 48.5 Å². The summed E-state index contributed by atoms with van der Waals surface area (Å²) in [6, 6.07) is 16.3. The van der Waals surface area contributed by atoms with Gasteiger partial charge in [-0.1, -0.05) is 35.9 Å². The number of hydrogen-bond donors (Lipinski definition) is 1. The molecule has 3 rings (SSSR count). The van der Waals surface area contributed by atoms with Crippen LogP contribution in [0.25, 0.3) is 11.0 Å². The molecule has 3 aromatic rings. The number of hydrogen-bond acceptors (Lipinski definition) is 1. The van der Waals surface area contributed by atoms with E-state index in [-0.39, 0.29) is 0 Å². The van der Waals surface area contributed by atoms with E-state index < -0.39 is 0 Å². The molecule has 0 bridgehead atoms. The van der Waals surface area contributed by atoms with E-state index in [2.05, 4.69) is 34.2 Å². The van der Waals surface area contributed by atoms with Crippen LogP contribution in [0.2, 0.25) is 5.02 Å². The number of rotatable bonds is 4. The lowest BCUT2D eigenvalue weighted by Crippen LogP contribution is -2.05. The third kappa shape index (κ3) is 3.11. The molecule has 96 valence electrons. The Morgan fingerprint density at radius 3 is 2.58 bits per heavy atom. The van der Waals surface area contributed by atoms with Crippen molar-refractivity contribution in [1.82, 2.24) is 4.98 Å². The van der Waals surface area contributed by atoms with Crippen molar-refractivity contribution < 1.29 is 4.98 Å². The number of imidazole rings is 1. The summed E-state index contributed by atoms with van der Waals surface area (Å²) in [5.74, 6) is 3.08. The molecular formula is C15H14ClN2S+. The summed E-state index contributed by atoms with van der Waals surface area (Å²) in [6.45, 7) is 0. The molecular weight excluding hydrogens is 276 g/mol. The Morgan fingerprint density at radius 1 is 1.00 bits per heavy atom. The third-order valence-electron chi connectivity index (χ3n) is 2.93. The smallest absolute Gasteiger partial charge is 0.240 e. The Bertz CT molecular complexity index is 643. The van der Waals surface area contributed by atoms with Crippen molar-refractivity contribution in [3.63, 3.8) is 0 Å². The van der Waals surface area contributed by atoms with Gasteiger partial charge in [-0.3, -0.25) is 0 Å². The normalized spacial score (nSPS) is 11.0. The fourth-order valence-corrected chi connectivity index (χ4v) is 2.99. The maximum Gasteiger partial charge on any atom is 0.263 e. The van der Waals surface area contributed by atoms with Gasteiger partial charge in [0.2, 0.25) is 0 Å². The quantitative estimate of drug-likeness (QED) is 0.771. The van der Waals surface area contributed by atoms with E-state index >= 15 is 0 Å². The molecule has 0 amide bonds. The lowest BCUT2D eigenvalue weighted by molar-refractivity contribution is -0.355. The van der Waals surface area contributed by atoms with Gasteiger partial charge in [0.15, 0.2) is 11.0 Å². The van der Waals surface area contributed by atoms with Crippen molar-refractivity contribution in [2.45, 2.75) is 11.5 Å². The first kappa shape index (κ1) is 12.6. The monoisotopic (exact) mass is 289 g/mol. The first-order valence-electron chi connectivity index (χ1n) is 6.12. The molecule has 0 fully saturated rings. The van der Waals surface area contributed by atoms with Crippen LogP contribution in [-0.2, 0) is 11.5 Å². The average Bonchev–Trinajstić information content (AvgIpc) is 2.83. The molecule has 0 saturated carbocycles. The summed E-state index contributed by atoms with van der Waals surface area (Å²) < 4.78 is 0. The van der Waals surface area contributed by atoms with Gasteiger partial charge in [0, 0.05) is 10.8 Å². The molecule has 0 aliphatic heterocycles. The van der Waals surface area contributed by atoms with E-state index in [4.69, 9.17) is 11.6 Å². The highest BCUT2D eigenvalue weighted by molar-refractivity contribution is 7.97. The number of nitrogens with one attached hydrogen (secondary N) is 2. The lowest BCUT2D eigenvalue weighted by Gasteiger charge is -1.98. The van der Waals surface area contributed by atoms with Gasteiger partial charge >= 0.3 is 0 Å². The van der Waals surface area contributed by atoms with Gasteiger partial charge in [-0.2, -0.15) is 0 Å². The topological polar surface area (TPSA) is 29.9 Å². The third-order valence-corrected chi connectivity index (χ3v) is 4.21. The summed E-state index contributed by atoms with van der Waals surface area (Å²) >= 11 is 7.74. The molecule has 2 nitrogen and oxygen atoms in total. The zero-order valence-electron chi connectivity index (χ0n) is 10.3. The van der Waals surface area contributed by atoms with Crippen molar-refractivity contribution >= 4 is 34.4 Å². The number of halogens is 1. The highest BCUT2D eigenvalue weighted by Gasteiger charge is 2.08. The minimum Gasteiger partial charge on any atom is -0.240 e. The van der Waals surface area contributed by atoms with Crippen LogP contribution in [0.3, 0.4) is 0 Å². The highest BCUT2D eigenvalue weighted by Crippen LogP contribution is 2.18. The first-order valence-corrected chi connectivity index (χ1v) is 7.65. The van der Waals surface area contributed by atoms with Crippen LogP contribution in [0.4, 0.5) is 0 Å². The predicted molar refractivity (Wildman–Crippen MR) is 81.3 cm³/mol. The molecule has 0 radical (unpaired) electrons. The van der Waals surface area contributed by atoms with E-state index in [0.717, 1.165) is 33.4 Å². The predicted octanol–water partition coefficient (Wildman–Crippen LogP) is 4.07. The molecule has 0 spiro atoms. The van der Waals surface area contributed by atoms with Crippen molar-refractivity contribution in [3.8, 4) is 0 Å². The zero-order valence-corrected chi connectivity index (χ0v) is 11.9. The van der Waals surface area contributed by atoms with Gasteiger partial charge in [-0.05, 0) is 29.8 Å². The Kier molecular flexibility index (Phi) is 3.76. The van der Waals surface area contributed by atoms with Gasteiger partial charge in [0.25, 0.3) is 5.82 Å². The first-order chi connectivity index (χ1) is 9.31. The minimum atomic E-state index is 0.790. The fourth-order valence-electron chi connectivity index (χ4n) is 1.98. The van der Waals surface area contributed by atoms with Crippen molar-refractivity contribution in [1.29, 1.82) is 0 Å². The van der Waals surface area contributed by atoms with Gasteiger partial charge < -0.3 is 0 Å². The largest absolute Gasteiger partial charge is 0.263 e. The van der Waals surface area contributed by atoms with Gasteiger partial charge in [-0.25, -0.2) is 9.97 Å². The summed E-state index contributed by atoms with van der Waals surface area (Å²) in [5, 5.41) is 0.790. The Balaban J connectivity index is 1.61. The lowest BCUT2D eigenvalue weighted by atomic mass is 10.2. The van der Waals surface area contributed by atoms with E-state index in [9.17, 15) is 0 Å². The van der Waals surface area contributed by atoms with Crippen molar-refractivity contribution in [2.75, 3.05) is 0 Å². The number of benzene rings is 2. The maximum absolute atomic E-state index is 5.87. The molecule has 0 aliphatic carbocycles. The molecule has 1 heterocycles. The molecule has 0 atom stereocenters. The second kappa shape index (κ2) is 5.68. The zero-order chi connectivity index (χ0) is 13.1. The molecule has 1 aromatic heterocycles. The Hall–Kier alpha value is -1.45. The van der Waals surface area contributed by atoms with Crippen LogP contribution in [0.5, 0.6) is 0 Å². The fraction of sp³-hybridized carbons (Fsp3) is 0.133. The number of thioether (sulfide) groups is 1. The van der Waals surface area contributed by atoms with Crippen LogP contribution >= 0.6 is 23.4 Å². The van der Waals surface area contributed by atoms with Crippen LogP contribution in [-0.4, -0.2) is 4.98 Å². The number of aromatic amines is 2. The number of para-hydroxylation sites is 2. The van der Waals surface area contributed by atoms with Crippen LogP contribution in [0, 0.1) is 0 Å². The molecule has 2 aromatic carbocycles. The Morgan fingerprint density at radius 2 is 1.79 bits per heavy atom. The molecule has 0 saturated heterocycles. The van der Waals surface area contributed by atoms with E-state index in [1.807, 2.05) is 36.0 Å². The highest BCUT2D eigenvalue weighted by atomic mass is 35.5. The van der Waals surface area contributed by atoms with E-state index in [1.54, 1.807) is 0 Å². The number of H-pyrrole nitrogens is 2. The number of fused-ring (bicyclic) bond motifs is 1. The molecule has 19 heavy (non-hydrogen) atoms. The standard InChI is InChI=1S/C15H13ClN2S/c16-12-7-5-11(6-8-12)9-19-10-15-17-13-3-1-2-4-14(13)18-15/h1-8H,9-10H2,(H,17,18)/p+1.